The molecule has 29 heavy (non-hydrogen) atoms. The zero-order chi connectivity index (χ0) is 21.4. The van der Waals surface area contributed by atoms with Crippen LogP contribution >= 0.6 is 67.3 Å². The van der Waals surface area contributed by atoms with E-state index in [9.17, 15) is 4.79 Å². The van der Waals surface area contributed by atoms with E-state index >= 15 is 0 Å². The van der Waals surface area contributed by atoms with E-state index in [1.807, 2.05) is 0 Å². The molecule has 0 spiro atoms. The highest BCUT2D eigenvalue weighted by Gasteiger charge is 2.11. The second-order valence-electron chi connectivity index (χ2n) is 5.36. The molecular weight excluding hydrogens is 569 g/mol. The number of ether oxygens (including phenoxy) is 2. The predicted molar refractivity (Wildman–Crippen MR) is 127 cm³/mol. The minimum Gasteiger partial charge on any atom is -0.480 e. The molecule has 0 unspecified atom stereocenters. The molecule has 11 heteroatoms. The first-order valence-electron chi connectivity index (χ1n) is 8.12. The van der Waals surface area contributed by atoms with E-state index in [1.54, 1.807) is 43.5 Å². The third kappa shape index (κ3) is 7.75. The number of halogens is 4. The average Bonchev–Trinajstić information content (AvgIpc) is 2.64. The van der Waals surface area contributed by atoms with Crippen molar-refractivity contribution in [3.63, 3.8) is 0 Å². The molecule has 6 nitrogen and oxygen atoms in total. The number of carbonyl (C=O) groups is 1. The first-order valence-corrected chi connectivity index (χ1v) is 10.9. The fourth-order valence-electron chi connectivity index (χ4n) is 2.03. The second kappa shape index (κ2) is 11.7. The maximum atomic E-state index is 11.4. The van der Waals surface area contributed by atoms with Gasteiger partial charge in [0.05, 0.1) is 32.5 Å². The Hall–Kier alpha value is -1.39. The molecule has 154 valence electrons. The summed E-state index contributed by atoms with van der Waals surface area (Å²) in [6.07, 6.45) is 1.57. The lowest BCUT2D eigenvalue weighted by molar-refractivity contribution is -0.145. The summed E-state index contributed by atoms with van der Waals surface area (Å²) in [6.45, 7) is 1.84. The number of carbonyl (C=O) groups excluding carboxylic acids is 1. The zero-order valence-electron chi connectivity index (χ0n) is 15.0. The van der Waals surface area contributed by atoms with Crippen LogP contribution in [0, 0.1) is 0 Å². The number of anilines is 1. The normalized spacial score (nSPS) is 10.7. The van der Waals surface area contributed by atoms with Crippen molar-refractivity contribution in [2.45, 2.75) is 6.92 Å². The third-order valence-corrected chi connectivity index (χ3v) is 5.15. The van der Waals surface area contributed by atoms with Gasteiger partial charge in [0.1, 0.15) is 5.75 Å². The standard InChI is InChI=1S/C18H15Br2Cl2N3O3S/c1-2-27-16(26)9-28-17-12(19)5-10(6-13(17)20)8-23-25-18(29)24-15-7-11(21)3-4-14(15)22/h3-8H,2,9H2,1H3,(H2,24,25,29)/b23-8+. The van der Waals surface area contributed by atoms with Gasteiger partial charge in [0.25, 0.3) is 0 Å². The summed E-state index contributed by atoms with van der Waals surface area (Å²) in [5.74, 6) is 0.0397. The number of thiocarbonyl (C=S) groups is 1. The highest BCUT2D eigenvalue weighted by atomic mass is 79.9. The summed E-state index contributed by atoms with van der Waals surface area (Å²) in [5.41, 5.74) is 4.02. The number of nitrogens with one attached hydrogen (secondary N) is 2. The van der Waals surface area contributed by atoms with Gasteiger partial charge in [0, 0.05) is 5.02 Å². The summed E-state index contributed by atoms with van der Waals surface area (Å²) in [7, 11) is 0. The topological polar surface area (TPSA) is 72.0 Å². The van der Waals surface area contributed by atoms with E-state index in [0.29, 0.717) is 37.0 Å². The predicted octanol–water partition coefficient (Wildman–Crippen LogP) is 5.78. The van der Waals surface area contributed by atoms with Gasteiger partial charge >= 0.3 is 5.97 Å². The number of rotatable bonds is 7. The van der Waals surface area contributed by atoms with Crippen LogP contribution in [0.15, 0.2) is 44.4 Å². The lowest BCUT2D eigenvalue weighted by Crippen LogP contribution is -2.24. The summed E-state index contributed by atoms with van der Waals surface area (Å²) in [5, 5.41) is 8.26. The summed E-state index contributed by atoms with van der Waals surface area (Å²) in [4.78, 5) is 11.4. The minimum absolute atomic E-state index is 0.188. The molecule has 0 atom stereocenters. The second-order valence-corrected chi connectivity index (χ2v) is 8.32. The Labute approximate surface area is 200 Å². The molecule has 0 aliphatic heterocycles. The number of nitrogens with zero attached hydrogens (tertiary/aromatic N) is 1. The Morgan fingerprint density at radius 3 is 2.59 bits per heavy atom. The van der Waals surface area contributed by atoms with Gasteiger partial charge in [-0.1, -0.05) is 23.2 Å². The Balaban J connectivity index is 1.97. The van der Waals surface area contributed by atoms with Crippen molar-refractivity contribution in [2.75, 3.05) is 18.5 Å². The van der Waals surface area contributed by atoms with Crippen molar-refractivity contribution in [1.82, 2.24) is 5.43 Å². The van der Waals surface area contributed by atoms with Gasteiger partial charge in [0.15, 0.2) is 11.7 Å². The van der Waals surface area contributed by atoms with Crippen molar-refractivity contribution in [1.29, 1.82) is 0 Å². The van der Waals surface area contributed by atoms with Crippen LogP contribution < -0.4 is 15.5 Å². The van der Waals surface area contributed by atoms with E-state index in [4.69, 9.17) is 44.9 Å². The Kier molecular flexibility index (Phi) is 9.64. The monoisotopic (exact) mass is 581 g/mol. The minimum atomic E-state index is -0.443. The van der Waals surface area contributed by atoms with Gasteiger partial charge in [-0.2, -0.15) is 5.10 Å². The smallest absolute Gasteiger partial charge is 0.344 e. The molecule has 0 saturated heterocycles. The first kappa shape index (κ1) is 23.9. The van der Waals surface area contributed by atoms with E-state index < -0.39 is 5.97 Å². The van der Waals surface area contributed by atoms with Gasteiger partial charge in [-0.15, -0.1) is 0 Å². The number of hydrogen-bond acceptors (Lipinski definition) is 5. The molecule has 0 amide bonds. The molecule has 0 aliphatic carbocycles. The van der Waals surface area contributed by atoms with Crippen LogP contribution in [0.3, 0.4) is 0 Å². The van der Waals surface area contributed by atoms with E-state index in [1.165, 1.54) is 0 Å². The van der Waals surface area contributed by atoms with Gasteiger partial charge in [0.2, 0.25) is 0 Å². The molecule has 0 radical (unpaired) electrons. The number of benzene rings is 2. The largest absolute Gasteiger partial charge is 0.480 e. The van der Waals surface area contributed by atoms with Gasteiger partial charge < -0.3 is 14.8 Å². The number of hydrazone groups is 1. The molecule has 0 aromatic heterocycles. The van der Waals surface area contributed by atoms with Crippen LogP contribution in [0.4, 0.5) is 5.69 Å². The van der Waals surface area contributed by atoms with Crippen LogP contribution in [0.1, 0.15) is 12.5 Å². The van der Waals surface area contributed by atoms with Crippen molar-refractivity contribution >= 4 is 90.3 Å². The lowest BCUT2D eigenvalue weighted by atomic mass is 10.2. The SMILES string of the molecule is CCOC(=O)COc1c(Br)cc(/C=N/NC(=S)Nc2cc(Cl)ccc2Cl)cc1Br. The maximum absolute atomic E-state index is 11.4. The average molecular weight is 584 g/mol. The van der Waals surface area contributed by atoms with Crippen molar-refractivity contribution in [3.8, 4) is 5.75 Å². The molecular formula is C18H15Br2Cl2N3O3S. The Bertz CT molecular complexity index is 922. The van der Waals surface area contributed by atoms with Crippen molar-refractivity contribution in [2.24, 2.45) is 5.10 Å². The number of hydrogen-bond donors (Lipinski definition) is 2. The summed E-state index contributed by atoms with van der Waals surface area (Å²) in [6, 6.07) is 8.56. The molecule has 0 fully saturated rings. The fraction of sp³-hybridized carbons (Fsp3) is 0.167. The van der Waals surface area contributed by atoms with E-state index in [-0.39, 0.29) is 11.7 Å². The maximum Gasteiger partial charge on any atom is 0.344 e. The van der Waals surface area contributed by atoms with Crippen LogP contribution in [-0.4, -0.2) is 30.5 Å². The molecule has 2 aromatic rings. The Morgan fingerprint density at radius 2 is 1.93 bits per heavy atom. The Morgan fingerprint density at radius 1 is 1.24 bits per heavy atom. The van der Waals surface area contributed by atoms with E-state index in [2.05, 4.69) is 47.7 Å². The fourth-order valence-corrected chi connectivity index (χ4v) is 3.99. The van der Waals surface area contributed by atoms with Gasteiger partial charge in [-0.05, 0) is 86.9 Å². The quantitative estimate of drug-likeness (QED) is 0.186. The van der Waals surface area contributed by atoms with Gasteiger partial charge in [-0.25, -0.2) is 4.79 Å². The molecule has 0 saturated carbocycles. The van der Waals surface area contributed by atoms with Crippen LogP contribution in [0.2, 0.25) is 10.0 Å². The number of esters is 1. The molecule has 0 bridgehead atoms. The molecule has 0 aliphatic rings. The third-order valence-electron chi connectivity index (χ3n) is 3.22. The highest BCUT2D eigenvalue weighted by Crippen LogP contribution is 2.34. The zero-order valence-corrected chi connectivity index (χ0v) is 20.5. The van der Waals surface area contributed by atoms with E-state index in [0.717, 1.165) is 5.56 Å². The van der Waals surface area contributed by atoms with Crippen LogP contribution in [-0.2, 0) is 9.53 Å². The molecule has 2 rings (SSSR count). The molecule has 2 N–H and O–H groups in total. The molecule has 2 aromatic carbocycles. The summed E-state index contributed by atoms with van der Waals surface area (Å²) < 4.78 is 11.6. The van der Waals surface area contributed by atoms with Gasteiger partial charge in [-0.3, -0.25) is 5.43 Å². The van der Waals surface area contributed by atoms with Crippen molar-refractivity contribution in [3.05, 3.63) is 54.9 Å². The van der Waals surface area contributed by atoms with Crippen LogP contribution in [0.5, 0.6) is 5.75 Å². The highest BCUT2D eigenvalue weighted by molar-refractivity contribution is 9.11. The lowest BCUT2D eigenvalue weighted by Gasteiger charge is -2.11. The van der Waals surface area contributed by atoms with Crippen molar-refractivity contribution < 1.29 is 14.3 Å². The first-order chi connectivity index (χ1) is 13.8. The molecule has 0 heterocycles. The van der Waals surface area contributed by atoms with Crippen LogP contribution in [0.25, 0.3) is 0 Å². The summed E-state index contributed by atoms with van der Waals surface area (Å²) >= 11 is 24.0.